The molecule has 0 fully saturated rings. The highest BCUT2D eigenvalue weighted by Crippen LogP contribution is 2.38. The molecule has 0 saturated heterocycles. The number of nitrogens with zero attached hydrogens (tertiary/aromatic N) is 1. The number of Topliss-reactive ketones (excluding diaryl/α,β-unsaturated/α-hetero) is 1. The molecule has 0 saturated carbocycles. The van der Waals surface area contributed by atoms with E-state index in [1.165, 1.54) is 0 Å². The predicted molar refractivity (Wildman–Crippen MR) is 133 cm³/mol. The Kier molecular flexibility index (Phi) is 5.49. The van der Waals surface area contributed by atoms with Gasteiger partial charge in [0.15, 0.2) is 5.76 Å². The summed E-state index contributed by atoms with van der Waals surface area (Å²) in [7, 11) is 3.56. The van der Waals surface area contributed by atoms with E-state index < -0.39 is 5.97 Å². The first-order valence-electron chi connectivity index (χ1n) is 10.5. The second-order valence-electron chi connectivity index (χ2n) is 8.00. The van der Waals surface area contributed by atoms with Crippen LogP contribution in [-0.2, 0) is 7.05 Å². The molecule has 1 aromatic heterocycles. The van der Waals surface area contributed by atoms with E-state index >= 15 is 0 Å². The first kappa shape index (κ1) is 22.0. The van der Waals surface area contributed by atoms with Gasteiger partial charge in [0.05, 0.1) is 18.2 Å². The molecule has 7 heteroatoms. The zero-order valence-electron chi connectivity index (χ0n) is 18.7. The Balaban J connectivity index is 1.48. The van der Waals surface area contributed by atoms with Crippen LogP contribution in [0.15, 0.2) is 71.0 Å². The van der Waals surface area contributed by atoms with Crippen molar-refractivity contribution in [3.63, 3.8) is 0 Å². The number of allylic oxidation sites excluding steroid dienone is 1. The molecule has 0 aliphatic carbocycles. The predicted octanol–water partition coefficient (Wildman–Crippen LogP) is 6.09. The number of benzene rings is 3. The zero-order chi connectivity index (χ0) is 24.0. The second-order valence-corrected chi connectivity index (χ2v) is 8.86. The lowest BCUT2D eigenvalue weighted by atomic mass is 10.0. The molecule has 5 rings (SSSR count). The third-order valence-corrected chi connectivity index (χ3v) is 6.45. The minimum absolute atomic E-state index is 0.211. The van der Waals surface area contributed by atoms with Crippen molar-refractivity contribution in [2.24, 2.45) is 7.05 Å². The van der Waals surface area contributed by atoms with Gasteiger partial charge in [0.1, 0.15) is 17.2 Å². The molecular weight excluding hydrogens is 498 g/mol. The minimum atomic E-state index is -0.503. The van der Waals surface area contributed by atoms with Gasteiger partial charge < -0.3 is 18.8 Å². The number of ketones is 1. The number of rotatable bonds is 4. The fraction of sp³-hybridized carbons (Fsp3) is 0.111. The highest BCUT2D eigenvalue weighted by atomic mass is 79.9. The maximum Gasteiger partial charge on any atom is 0.344 e. The molecule has 1 aliphatic rings. The van der Waals surface area contributed by atoms with Crippen LogP contribution in [0.5, 0.6) is 17.2 Å². The van der Waals surface area contributed by atoms with E-state index in [2.05, 4.69) is 15.9 Å². The van der Waals surface area contributed by atoms with Gasteiger partial charge in [-0.1, -0.05) is 12.1 Å². The van der Waals surface area contributed by atoms with Gasteiger partial charge in [-0.05, 0) is 70.9 Å². The van der Waals surface area contributed by atoms with E-state index in [9.17, 15) is 9.59 Å². The van der Waals surface area contributed by atoms with Gasteiger partial charge in [-0.15, -0.1) is 0 Å². The molecule has 0 atom stereocenters. The Morgan fingerprint density at radius 2 is 1.88 bits per heavy atom. The van der Waals surface area contributed by atoms with E-state index in [-0.39, 0.29) is 11.5 Å². The normalized spacial score (nSPS) is 13.8. The Morgan fingerprint density at radius 3 is 2.65 bits per heavy atom. The van der Waals surface area contributed by atoms with Gasteiger partial charge in [0, 0.05) is 40.2 Å². The molecule has 6 nitrogen and oxygen atoms in total. The van der Waals surface area contributed by atoms with E-state index in [0.717, 1.165) is 22.2 Å². The maximum atomic E-state index is 13.1. The fourth-order valence-corrected chi connectivity index (χ4v) is 4.56. The number of carbonyl (C=O) groups is 2. The lowest BCUT2D eigenvalue weighted by Crippen LogP contribution is -2.09. The summed E-state index contributed by atoms with van der Waals surface area (Å²) in [5, 5.41) is 0.946. The summed E-state index contributed by atoms with van der Waals surface area (Å²) in [4.78, 5) is 25.8. The van der Waals surface area contributed by atoms with Crippen LogP contribution in [0.1, 0.15) is 31.8 Å². The Bertz CT molecular complexity index is 1520. The van der Waals surface area contributed by atoms with Crippen molar-refractivity contribution in [2.45, 2.75) is 6.92 Å². The number of esters is 1. The number of aryl methyl sites for hydroxylation is 2. The molecule has 0 radical (unpaired) electrons. The molecule has 34 heavy (non-hydrogen) atoms. The van der Waals surface area contributed by atoms with E-state index in [1.807, 2.05) is 42.1 Å². The van der Waals surface area contributed by atoms with E-state index in [0.29, 0.717) is 32.7 Å². The molecule has 0 amide bonds. The quantitative estimate of drug-likeness (QED) is 0.186. The van der Waals surface area contributed by atoms with Crippen LogP contribution < -0.4 is 14.2 Å². The number of ether oxygens (including phenoxy) is 3. The topological polar surface area (TPSA) is 66.8 Å². The van der Waals surface area contributed by atoms with Crippen molar-refractivity contribution >= 4 is 44.7 Å². The van der Waals surface area contributed by atoms with Crippen LogP contribution in [0.2, 0.25) is 0 Å². The van der Waals surface area contributed by atoms with Crippen LogP contribution in [-0.4, -0.2) is 23.4 Å². The molecule has 170 valence electrons. The van der Waals surface area contributed by atoms with Crippen molar-refractivity contribution in [3.8, 4) is 17.2 Å². The van der Waals surface area contributed by atoms with Crippen molar-refractivity contribution in [1.29, 1.82) is 0 Å². The molecule has 0 bridgehead atoms. The van der Waals surface area contributed by atoms with Gasteiger partial charge >= 0.3 is 5.97 Å². The molecular formula is C27H20BrNO5. The monoisotopic (exact) mass is 517 g/mol. The van der Waals surface area contributed by atoms with Crippen molar-refractivity contribution in [3.05, 3.63) is 93.3 Å². The largest absolute Gasteiger partial charge is 0.497 e. The van der Waals surface area contributed by atoms with Crippen LogP contribution in [0.25, 0.3) is 17.0 Å². The fourth-order valence-electron chi connectivity index (χ4n) is 4.11. The standard InChI is InChI=1S/C27H20BrNO5/c1-15-10-18(33-27(31)19-6-4-5-7-21(19)28)13-23-25(15)26(30)24(34-23)11-16-14-29(2)22-9-8-17(32-3)12-20(16)22/h4-14H,1-3H3/b24-11-. The lowest BCUT2D eigenvalue weighted by molar-refractivity contribution is 0.0733. The molecule has 0 spiro atoms. The Hall–Kier alpha value is -3.84. The van der Waals surface area contributed by atoms with E-state index in [4.69, 9.17) is 14.2 Å². The molecule has 0 N–H and O–H groups in total. The summed E-state index contributed by atoms with van der Waals surface area (Å²) < 4.78 is 19.5. The molecule has 3 aromatic carbocycles. The summed E-state index contributed by atoms with van der Waals surface area (Å²) >= 11 is 3.36. The first-order valence-corrected chi connectivity index (χ1v) is 11.3. The molecule has 1 aliphatic heterocycles. The van der Waals surface area contributed by atoms with E-state index in [1.54, 1.807) is 50.4 Å². The molecule has 4 aromatic rings. The van der Waals surface area contributed by atoms with Crippen LogP contribution in [0, 0.1) is 6.92 Å². The SMILES string of the molecule is COc1ccc2c(c1)c(/C=C1\Oc3cc(OC(=O)c4ccccc4Br)cc(C)c3C1=O)cn2C. The molecule has 2 heterocycles. The number of hydrogen-bond donors (Lipinski definition) is 0. The second kappa shape index (κ2) is 8.50. The first-order chi connectivity index (χ1) is 16.4. The summed E-state index contributed by atoms with van der Waals surface area (Å²) in [6.07, 6.45) is 3.67. The number of carbonyl (C=O) groups excluding carboxylic acids is 2. The number of methoxy groups -OCH3 is 1. The Morgan fingerprint density at radius 1 is 1.09 bits per heavy atom. The highest BCUT2D eigenvalue weighted by Gasteiger charge is 2.31. The number of hydrogen-bond acceptors (Lipinski definition) is 5. The van der Waals surface area contributed by atoms with Gasteiger partial charge in [0.2, 0.25) is 5.78 Å². The summed E-state index contributed by atoms with van der Waals surface area (Å²) in [6.45, 7) is 1.79. The van der Waals surface area contributed by atoms with Crippen molar-refractivity contribution in [2.75, 3.05) is 7.11 Å². The summed E-state index contributed by atoms with van der Waals surface area (Å²) in [5.41, 5.74) is 3.38. The van der Waals surface area contributed by atoms with Crippen LogP contribution in [0.4, 0.5) is 0 Å². The van der Waals surface area contributed by atoms with Crippen molar-refractivity contribution in [1.82, 2.24) is 4.57 Å². The van der Waals surface area contributed by atoms with Crippen LogP contribution in [0.3, 0.4) is 0 Å². The zero-order valence-corrected chi connectivity index (χ0v) is 20.3. The third kappa shape index (κ3) is 3.78. The average molecular weight is 518 g/mol. The smallest absolute Gasteiger partial charge is 0.344 e. The van der Waals surface area contributed by atoms with Crippen molar-refractivity contribution < 1.29 is 23.8 Å². The summed E-state index contributed by atoms with van der Waals surface area (Å²) in [5.74, 6) is 0.896. The number of fused-ring (bicyclic) bond motifs is 2. The highest BCUT2D eigenvalue weighted by molar-refractivity contribution is 9.10. The average Bonchev–Trinajstić information content (AvgIpc) is 3.30. The molecule has 0 unspecified atom stereocenters. The van der Waals surface area contributed by atoms with Gasteiger partial charge in [-0.25, -0.2) is 4.79 Å². The Labute approximate surface area is 204 Å². The number of aromatic nitrogens is 1. The lowest BCUT2D eigenvalue weighted by Gasteiger charge is -2.08. The van der Waals surface area contributed by atoms with Gasteiger partial charge in [0.25, 0.3) is 0 Å². The number of halogens is 1. The van der Waals surface area contributed by atoms with Gasteiger partial charge in [-0.2, -0.15) is 0 Å². The maximum absolute atomic E-state index is 13.1. The van der Waals surface area contributed by atoms with Crippen LogP contribution >= 0.6 is 15.9 Å². The summed E-state index contributed by atoms with van der Waals surface area (Å²) in [6, 6.07) is 16.1. The van der Waals surface area contributed by atoms with Gasteiger partial charge in [-0.3, -0.25) is 4.79 Å². The third-order valence-electron chi connectivity index (χ3n) is 5.76. The minimum Gasteiger partial charge on any atom is -0.497 e.